The van der Waals surface area contributed by atoms with E-state index in [4.69, 9.17) is 4.99 Å². The van der Waals surface area contributed by atoms with Crippen molar-refractivity contribution in [3.8, 4) is 0 Å². The van der Waals surface area contributed by atoms with Gasteiger partial charge in [0.25, 0.3) is 0 Å². The van der Waals surface area contributed by atoms with Crippen LogP contribution in [0.3, 0.4) is 0 Å². The molecule has 2 N–H and O–H groups in total. The van der Waals surface area contributed by atoms with Crippen molar-refractivity contribution in [3.63, 3.8) is 0 Å². The van der Waals surface area contributed by atoms with E-state index in [1.54, 1.807) is 0 Å². The van der Waals surface area contributed by atoms with Crippen LogP contribution in [0.15, 0.2) is 16.9 Å². The lowest BCUT2D eigenvalue weighted by molar-refractivity contribution is 0.392. The molecule has 0 heterocycles. The zero-order valence-corrected chi connectivity index (χ0v) is 15.4. The van der Waals surface area contributed by atoms with Crippen molar-refractivity contribution >= 4 is 6.21 Å². The van der Waals surface area contributed by atoms with Gasteiger partial charge in [-0.1, -0.05) is 57.8 Å². The lowest BCUT2D eigenvalue weighted by Crippen LogP contribution is -2.34. The summed E-state index contributed by atoms with van der Waals surface area (Å²) in [5.41, 5.74) is 1.22. The molecule has 0 atom stereocenters. The Kier molecular flexibility index (Phi) is 7.50. The van der Waals surface area contributed by atoms with Crippen LogP contribution in [-0.2, 0) is 0 Å². The van der Waals surface area contributed by atoms with Gasteiger partial charge >= 0.3 is 0 Å². The standard InChI is InChI=1S/C21H37N3/c1-4-10-18(11-5-1)22-16-21(24-20-14-8-3-9-15-20)17-23-19-12-6-2-7-13-19/h16-20,22,24H,1-15H2. The van der Waals surface area contributed by atoms with E-state index in [1.165, 1.54) is 102 Å². The molecule has 0 spiro atoms. The number of aliphatic imine (C=N–C) groups is 1. The SMILES string of the molecule is C(=NC1CCCCC1)C(=CNC1CCCCC1)NC1CCCCC1. The molecule has 0 aromatic carbocycles. The molecule has 3 heteroatoms. The van der Waals surface area contributed by atoms with Crippen molar-refractivity contribution < 1.29 is 0 Å². The van der Waals surface area contributed by atoms with Crippen molar-refractivity contribution in [1.82, 2.24) is 10.6 Å². The minimum absolute atomic E-state index is 0.560. The van der Waals surface area contributed by atoms with Crippen LogP contribution in [0.25, 0.3) is 0 Å². The molecule has 0 unspecified atom stereocenters. The monoisotopic (exact) mass is 331 g/mol. The molecule has 0 aliphatic heterocycles. The van der Waals surface area contributed by atoms with Crippen LogP contribution in [0.4, 0.5) is 0 Å². The lowest BCUT2D eigenvalue weighted by atomic mass is 9.95. The molecule has 3 saturated carbocycles. The molecular formula is C21H37N3. The maximum atomic E-state index is 4.92. The molecule has 0 aromatic heterocycles. The molecular weight excluding hydrogens is 294 g/mol. The third kappa shape index (κ3) is 6.14. The Morgan fingerprint density at radius 2 is 1.21 bits per heavy atom. The van der Waals surface area contributed by atoms with Crippen LogP contribution in [-0.4, -0.2) is 24.3 Å². The van der Waals surface area contributed by atoms with E-state index < -0.39 is 0 Å². The van der Waals surface area contributed by atoms with Crippen LogP contribution in [0.5, 0.6) is 0 Å². The fourth-order valence-electron chi connectivity index (χ4n) is 4.49. The average molecular weight is 332 g/mol. The van der Waals surface area contributed by atoms with Gasteiger partial charge in [0.05, 0.1) is 11.7 Å². The molecule has 0 aromatic rings. The van der Waals surface area contributed by atoms with Crippen LogP contribution in [0.2, 0.25) is 0 Å². The highest BCUT2D eigenvalue weighted by Crippen LogP contribution is 2.21. The van der Waals surface area contributed by atoms with Crippen molar-refractivity contribution in [2.45, 2.75) is 114 Å². The number of nitrogens with zero attached hydrogens (tertiary/aromatic N) is 1. The number of nitrogens with one attached hydrogen (secondary N) is 2. The summed E-state index contributed by atoms with van der Waals surface area (Å²) in [6, 6.07) is 1.88. The third-order valence-electron chi connectivity index (χ3n) is 6.05. The molecule has 3 nitrogen and oxygen atoms in total. The Balaban J connectivity index is 1.56. The van der Waals surface area contributed by atoms with E-state index in [1.807, 2.05) is 0 Å². The lowest BCUT2D eigenvalue weighted by Gasteiger charge is -2.26. The Labute approximate surface area is 148 Å². The van der Waals surface area contributed by atoms with Gasteiger partial charge in [-0.15, -0.1) is 0 Å². The summed E-state index contributed by atoms with van der Waals surface area (Å²) in [5, 5.41) is 7.47. The van der Waals surface area contributed by atoms with Gasteiger partial charge in [-0.05, 0) is 38.5 Å². The average Bonchev–Trinajstić information content (AvgIpc) is 2.66. The van der Waals surface area contributed by atoms with Crippen molar-refractivity contribution in [2.24, 2.45) is 4.99 Å². The zero-order chi connectivity index (χ0) is 16.5. The number of hydrogen-bond donors (Lipinski definition) is 2. The van der Waals surface area contributed by atoms with Crippen LogP contribution >= 0.6 is 0 Å². The van der Waals surface area contributed by atoms with Gasteiger partial charge in [0.1, 0.15) is 0 Å². The number of hydrogen-bond acceptors (Lipinski definition) is 3. The summed E-state index contributed by atoms with van der Waals surface area (Å²) in [7, 11) is 0. The van der Waals surface area contributed by atoms with Gasteiger partial charge < -0.3 is 10.6 Å². The molecule has 0 bridgehead atoms. The summed E-state index contributed by atoms with van der Waals surface area (Å²) in [6.07, 6.45) is 24.7. The summed E-state index contributed by atoms with van der Waals surface area (Å²) in [6.45, 7) is 0. The molecule has 3 aliphatic carbocycles. The second-order valence-corrected chi connectivity index (χ2v) is 8.15. The Morgan fingerprint density at radius 3 is 1.83 bits per heavy atom. The Morgan fingerprint density at radius 1 is 0.667 bits per heavy atom. The molecule has 0 saturated heterocycles. The van der Waals surface area contributed by atoms with Crippen molar-refractivity contribution in [3.05, 3.63) is 11.9 Å². The maximum absolute atomic E-state index is 4.92. The first-order valence-electron chi connectivity index (χ1n) is 10.7. The second-order valence-electron chi connectivity index (χ2n) is 8.15. The van der Waals surface area contributed by atoms with Gasteiger partial charge in [0.15, 0.2) is 0 Å². The fraction of sp³-hybridized carbons (Fsp3) is 0.857. The van der Waals surface area contributed by atoms with Gasteiger partial charge in [-0.3, -0.25) is 4.99 Å². The first-order chi connectivity index (χ1) is 11.9. The van der Waals surface area contributed by atoms with Crippen LogP contribution in [0, 0.1) is 0 Å². The predicted molar refractivity (Wildman–Crippen MR) is 103 cm³/mol. The van der Waals surface area contributed by atoms with E-state index in [2.05, 4.69) is 23.0 Å². The summed E-state index contributed by atoms with van der Waals surface area (Å²) in [4.78, 5) is 4.92. The van der Waals surface area contributed by atoms with E-state index in [9.17, 15) is 0 Å². The first-order valence-corrected chi connectivity index (χ1v) is 10.7. The smallest absolute Gasteiger partial charge is 0.0683 e. The minimum Gasteiger partial charge on any atom is -0.386 e. The molecule has 24 heavy (non-hydrogen) atoms. The highest BCUT2D eigenvalue weighted by molar-refractivity contribution is 5.77. The first kappa shape index (κ1) is 17.8. The molecule has 0 radical (unpaired) electrons. The summed E-state index contributed by atoms with van der Waals surface area (Å²) >= 11 is 0. The molecule has 0 amide bonds. The highest BCUT2D eigenvalue weighted by Gasteiger charge is 2.16. The highest BCUT2D eigenvalue weighted by atomic mass is 15.0. The van der Waals surface area contributed by atoms with E-state index in [0.29, 0.717) is 18.1 Å². The third-order valence-corrected chi connectivity index (χ3v) is 6.05. The zero-order valence-electron chi connectivity index (χ0n) is 15.4. The molecule has 3 rings (SSSR count). The molecule has 3 fully saturated rings. The number of allylic oxidation sites excluding steroid dienone is 1. The Bertz CT molecular complexity index is 397. The largest absolute Gasteiger partial charge is 0.386 e. The van der Waals surface area contributed by atoms with Gasteiger partial charge in [0, 0.05) is 24.5 Å². The topological polar surface area (TPSA) is 36.4 Å². The van der Waals surface area contributed by atoms with Crippen molar-refractivity contribution in [1.29, 1.82) is 0 Å². The van der Waals surface area contributed by atoms with Crippen LogP contribution in [0.1, 0.15) is 96.3 Å². The maximum Gasteiger partial charge on any atom is 0.0683 e. The predicted octanol–water partition coefficient (Wildman–Crippen LogP) is 5.08. The molecule has 3 aliphatic rings. The number of rotatable bonds is 6. The quantitative estimate of drug-likeness (QED) is 0.666. The van der Waals surface area contributed by atoms with E-state index in [-0.39, 0.29) is 0 Å². The van der Waals surface area contributed by atoms with Gasteiger partial charge in [-0.2, -0.15) is 0 Å². The van der Waals surface area contributed by atoms with E-state index in [0.717, 1.165) is 0 Å². The van der Waals surface area contributed by atoms with Gasteiger partial charge in [0.2, 0.25) is 0 Å². The fourth-order valence-corrected chi connectivity index (χ4v) is 4.49. The summed E-state index contributed by atoms with van der Waals surface area (Å²) < 4.78 is 0. The molecule has 136 valence electrons. The van der Waals surface area contributed by atoms with Crippen LogP contribution < -0.4 is 10.6 Å². The Hall–Kier alpha value is -0.990. The van der Waals surface area contributed by atoms with Crippen molar-refractivity contribution in [2.75, 3.05) is 0 Å². The second kappa shape index (κ2) is 10.1. The normalized spacial score (nSPS) is 25.9. The minimum atomic E-state index is 0.560. The van der Waals surface area contributed by atoms with E-state index >= 15 is 0 Å². The summed E-state index contributed by atoms with van der Waals surface area (Å²) in [5.74, 6) is 0. The van der Waals surface area contributed by atoms with Gasteiger partial charge in [-0.25, -0.2) is 0 Å².